The van der Waals surface area contributed by atoms with E-state index in [2.05, 4.69) is 23.0 Å². The molecular formula is C26H38ClF4N3O4. The molecule has 2 aliphatic rings. The molecule has 0 aromatic carbocycles. The molecule has 0 radical (unpaired) electrons. The van der Waals surface area contributed by atoms with E-state index in [1.807, 2.05) is 0 Å². The molecule has 1 saturated carbocycles. The van der Waals surface area contributed by atoms with Crippen LogP contribution in [0.15, 0.2) is 42.3 Å². The lowest BCUT2D eigenvalue weighted by atomic mass is 9.70. The first-order valence-corrected chi connectivity index (χ1v) is 12.5. The molecule has 1 heterocycles. The largest absolute Gasteiger partial charge is 0.493 e. The summed E-state index contributed by atoms with van der Waals surface area (Å²) in [4.78, 5) is 24.3. The summed E-state index contributed by atoms with van der Waals surface area (Å²) in [7, 11) is 1.00. The summed E-state index contributed by atoms with van der Waals surface area (Å²) in [6.45, 7) is 2.53. The summed E-state index contributed by atoms with van der Waals surface area (Å²) < 4.78 is 56.9. The molecule has 0 spiro atoms. The number of nitrogens with one attached hydrogen (secondary N) is 1. The Labute approximate surface area is 226 Å². The summed E-state index contributed by atoms with van der Waals surface area (Å²) in [6.07, 6.45) is 10.6. The van der Waals surface area contributed by atoms with Crippen LogP contribution in [0.3, 0.4) is 0 Å². The zero-order valence-corrected chi connectivity index (χ0v) is 22.7. The Kier molecular flexibility index (Phi) is 18.7. The topological polar surface area (TPSA) is 104 Å². The van der Waals surface area contributed by atoms with Gasteiger partial charge in [0.05, 0.1) is 32.5 Å². The van der Waals surface area contributed by atoms with Gasteiger partial charge in [-0.25, -0.2) is 9.37 Å². The molecule has 2 amide bonds. The number of halogens is 5. The number of aromatic nitrogens is 1. The van der Waals surface area contributed by atoms with Crippen LogP contribution < -0.4 is 15.8 Å². The molecule has 3 rings (SSSR count). The van der Waals surface area contributed by atoms with Crippen molar-refractivity contribution in [2.24, 2.45) is 11.1 Å². The number of carbonyl (C=O) groups is 2. The number of hydrogen-bond donors (Lipinski definition) is 2. The summed E-state index contributed by atoms with van der Waals surface area (Å²) in [5.41, 5.74) is 4.19. The van der Waals surface area contributed by atoms with Crippen LogP contribution in [0.2, 0.25) is 0 Å². The smallest absolute Gasteiger partial charge is 0.258 e. The first kappa shape index (κ1) is 35.2. The molecule has 0 saturated heterocycles. The van der Waals surface area contributed by atoms with Gasteiger partial charge in [0, 0.05) is 11.5 Å². The highest BCUT2D eigenvalue weighted by molar-refractivity contribution is 6.22. The average molecular weight is 568 g/mol. The maximum Gasteiger partial charge on any atom is 0.258 e. The number of allylic oxidation sites excluding steroid dienone is 3. The van der Waals surface area contributed by atoms with E-state index in [1.165, 1.54) is 24.4 Å². The summed E-state index contributed by atoms with van der Waals surface area (Å²) in [6, 6.07) is 2.70. The molecular weight excluding hydrogens is 530 g/mol. The fourth-order valence-electron chi connectivity index (χ4n) is 4.17. The Bertz CT molecular complexity index is 851. The zero-order chi connectivity index (χ0) is 29.0. The van der Waals surface area contributed by atoms with Crippen LogP contribution in [-0.4, -0.2) is 62.5 Å². The van der Waals surface area contributed by atoms with Crippen LogP contribution >= 0.6 is 11.6 Å². The Balaban J connectivity index is 0.00000179. The van der Waals surface area contributed by atoms with E-state index in [-0.39, 0.29) is 30.4 Å². The van der Waals surface area contributed by atoms with E-state index in [9.17, 15) is 22.4 Å². The van der Waals surface area contributed by atoms with Gasteiger partial charge >= 0.3 is 0 Å². The van der Waals surface area contributed by atoms with E-state index in [0.717, 1.165) is 38.5 Å². The second-order valence-corrected chi connectivity index (χ2v) is 8.94. The monoisotopic (exact) mass is 567 g/mol. The highest BCUT2D eigenvalue weighted by Crippen LogP contribution is 2.41. The highest BCUT2D eigenvalue weighted by Gasteiger charge is 2.36. The number of alkyl halides is 4. The molecule has 12 heteroatoms. The van der Waals surface area contributed by atoms with Crippen molar-refractivity contribution in [3.63, 3.8) is 0 Å². The van der Waals surface area contributed by atoms with Crippen LogP contribution in [0.5, 0.6) is 5.75 Å². The Hall–Kier alpha value is -2.82. The Morgan fingerprint density at radius 1 is 1.24 bits per heavy atom. The molecule has 2 atom stereocenters. The van der Waals surface area contributed by atoms with Crippen LogP contribution in [-0.2, 0) is 14.3 Å². The summed E-state index contributed by atoms with van der Waals surface area (Å²) >= 11 is 5.86. The minimum Gasteiger partial charge on any atom is -0.493 e. The molecule has 2 unspecified atom stereocenters. The van der Waals surface area contributed by atoms with Gasteiger partial charge in [-0.3, -0.25) is 18.4 Å². The maximum absolute atomic E-state index is 13.8. The van der Waals surface area contributed by atoms with E-state index in [4.69, 9.17) is 25.9 Å². The number of primary amides is 1. The van der Waals surface area contributed by atoms with Gasteiger partial charge in [0.25, 0.3) is 5.91 Å². The second kappa shape index (κ2) is 20.2. The number of carbonyl (C=O) groups excluding carboxylic acids is 2. The zero-order valence-electron chi connectivity index (χ0n) is 22.0. The minimum absolute atomic E-state index is 0.0184. The number of nitrogens with zero attached hydrogens (tertiary/aromatic N) is 1. The molecule has 1 aromatic heterocycles. The van der Waals surface area contributed by atoms with Gasteiger partial charge < -0.3 is 20.5 Å². The van der Waals surface area contributed by atoms with Gasteiger partial charge in [-0.05, 0) is 56.4 Å². The Morgan fingerprint density at radius 2 is 1.87 bits per heavy atom. The average Bonchev–Trinajstić information content (AvgIpc) is 2.93. The van der Waals surface area contributed by atoms with Crippen molar-refractivity contribution in [2.75, 3.05) is 27.6 Å². The van der Waals surface area contributed by atoms with Crippen LogP contribution in [0, 0.1) is 11.4 Å². The lowest BCUT2D eigenvalue weighted by Gasteiger charge is -2.40. The van der Waals surface area contributed by atoms with Crippen LogP contribution in [0.25, 0.3) is 0 Å². The van der Waals surface area contributed by atoms with Crippen molar-refractivity contribution in [1.29, 1.82) is 0 Å². The molecule has 3 N–H and O–H groups in total. The maximum atomic E-state index is 13.8. The quantitative estimate of drug-likeness (QED) is 0.186. The standard InChI is InChI=1S/C23H29ClF2N2O3.2CH3F.CH3NO/c1-2-9-23(15-31-17-3-5-19(24)20(25)12-17)10-7-16(8-11-23)28-22(29)14-30-18-4-6-21(26)27-13-18;2*1-2;2-1-3/h3-6,12-13,16,19-20H,2,7-11,14-15H2,1H3,(H,28,29);2*1H3;1H,(H2,2,3). The van der Waals surface area contributed by atoms with E-state index in [0.29, 0.717) is 32.5 Å². The number of nitrogens with two attached hydrogens (primary N) is 1. The molecule has 1 fully saturated rings. The van der Waals surface area contributed by atoms with Crippen molar-refractivity contribution in [3.8, 4) is 5.75 Å². The summed E-state index contributed by atoms with van der Waals surface area (Å²) in [5, 5.41) is 2.37. The van der Waals surface area contributed by atoms with Crippen molar-refractivity contribution in [2.45, 2.75) is 63.0 Å². The predicted molar refractivity (Wildman–Crippen MR) is 139 cm³/mol. The number of rotatable bonds is 9. The molecule has 0 aliphatic heterocycles. The minimum atomic E-state index is -1.23. The van der Waals surface area contributed by atoms with Crippen LogP contribution in [0.4, 0.5) is 17.6 Å². The van der Waals surface area contributed by atoms with Crippen molar-refractivity contribution < 1.29 is 36.6 Å². The molecule has 38 heavy (non-hydrogen) atoms. The van der Waals surface area contributed by atoms with Crippen LogP contribution in [0.1, 0.15) is 45.4 Å². The first-order chi connectivity index (χ1) is 18.3. The predicted octanol–water partition coefficient (Wildman–Crippen LogP) is 5.13. The van der Waals surface area contributed by atoms with E-state index >= 15 is 0 Å². The molecule has 7 nitrogen and oxygen atoms in total. The lowest BCUT2D eigenvalue weighted by Crippen LogP contribution is -2.43. The highest BCUT2D eigenvalue weighted by atomic mass is 35.5. The van der Waals surface area contributed by atoms with Crippen molar-refractivity contribution in [1.82, 2.24) is 10.3 Å². The third kappa shape index (κ3) is 13.1. The third-order valence-corrected chi connectivity index (χ3v) is 6.27. The second-order valence-electron chi connectivity index (χ2n) is 8.44. The van der Waals surface area contributed by atoms with Crippen molar-refractivity contribution in [3.05, 3.63) is 48.3 Å². The number of amides is 2. The molecule has 0 bridgehead atoms. The van der Waals surface area contributed by atoms with Gasteiger partial charge in [-0.2, -0.15) is 4.39 Å². The Morgan fingerprint density at radius 3 is 2.39 bits per heavy atom. The SMILES string of the molecule is CCCC1(COC2=CC(F)C(Cl)C=C2)CCC(NC(=O)COc2ccc(F)nc2)CC1.CF.CF.NC=O. The lowest BCUT2D eigenvalue weighted by molar-refractivity contribution is -0.124. The molecule has 2 aliphatic carbocycles. The van der Waals surface area contributed by atoms with Gasteiger partial charge in [0.2, 0.25) is 12.4 Å². The fraction of sp³-hybridized carbons (Fsp3) is 0.577. The van der Waals surface area contributed by atoms with Gasteiger partial charge in [0.15, 0.2) is 6.61 Å². The summed E-state index contributed by atoms with van der Waals surface area (Å²) in [5.74, 6) is 0.0712. The number of ether oxygens (including phenoxy) is 2. The van der Waals surface area contributed by atoms with E-state index < -0.39 is 17.5 Å². The molecule has 216 valence electrons. The van der Waals surface area contributed by atoms with Gasteiger partial charge in [0.1, 0.15) is 17.7 Å². The van der Waals surface area contributed by atoms with Crippen molar-refractivity contribution >= 4 is 23.9 Å². The molecule has 1 aromatic rings. The van der Waals surface area contributed by atoms with Gasteiger partial charge in [-0.15, -0.1) is 11.6 Å². The first-order valence-electron chi connectivity index (χ1n) is 12.1. The number of hydrogen-bond acceptors (Lipinski definition) is 5. The normalized spacial score (nSPS) is 23.5. The van der Waals surface area contributed by atoms with E-state index in [1.54, 1.807) is 12.2 Å². The fourth-order valence-corrected chi connectivity index (χ4v) is 4.31. The van der Waals surface area contributed by atoms with Gasteiger partial charge in [-0.1, -0.05) is 19.4 Å². The third-order valence-electron chi connectivity index (χ3n) is 5.88. The number of pyridine rings is 1.